The normalized spacial score (nSPS) is 11.0. The van der Waals surface area contributed by atoms with Gasteiger partial charge in [-0.25, -0.2) is 0 Å². The van der Waals surface area contributed by atoms with Gasteiger partial charge in [-0.05, 0) is 31.2 Å². The molecule has 0 aliphatic rings. The van der Waals surface area contributed by atoms with Gasteiger partial charge in [0.25, 0.3) is 0 Å². The van der Waals surface area contributed by atoms with Crippen LogP contribution in [0.1, 0.15) is 45.0 Å². The van der Waals surface area contributed by atoms with Crippen LogP contribution < -0.4 is 10.2 Å². The molecule has 0 aliphatic heterocycles. The summed E-state index contributed by atoms with van der Waals surface area (Å²) in [6.07, 6.45) is 0. The summed E-state index contributed by atoms with van der Waals surface area (Å²) in [4.78, 5) is 36.5. The molecule has 0 aromatic heterocycles. The van der Waals surface area contributed by atoms with Gasteiger partial charge in [0.05, 0.1) is 0 Å². The summed E-state index contributed by atoms with van der Waals surface area (Å²) < 4.78 is 0. The Morgan fingerprint density at radius 3 is 2.00 bits per heavy atom. The van der Waals surface area contributed by atoms with E-state index in [-0.39, 0.29) is 17.6 Å². The maximum Gasteiger partial charge on any atom is 0.225 e. The molecule has 1 rings (SSSR count). The molecule has 0 bridgehead atoms. The SMILES string of the molecule is CC(=O)c1ccc(N(CCNC(=O)C(C)(C)C)C(C)=O)cc1. The Balaban J connectivity index is 2.72. The number of carbonyl (C=O) groups is 3. The van der Waals surface area contributed by atoms with Crippen LogP contribution in [0, 0.1) is 5.41 Å². The summed E-state index contributed by atoms with van der Waals surface area (Å²) in [5.74, 6) is -0.179. The molecule has 22 heavy (non-hydrogen) atoms. The van der Waals surface area contributed by atoms with E-state index in [1.54, 1.807) is 29.2 Å². The number of carbonyl (C=O) groups excluding carboxylic acids is 3. The molecular formula is C17H24N2O3. The van der Waals surface area contributed by atoms with Crippen LogP contribution >= 0.6 is 0 Å². The maximum absolute atomic E-state index is 11.8. The minimum Gasteiger partial charge on any atom is -0.354 e. The zero-order valence-electron chi connectivity index (χ0n) is 13.9. The largest absolute Gasteiger partial charge is 0.354 e. The summed E-state index contributed by atoms with van der Waals surface area (Å²) in [5.41, 5.74) is 0.861. The number of hydrogen-bond donors (Lipinski definition) is 1. The Hall–Kier alpha value is -2.17. The van der Waals surface area contributed by atoms with Crippen molar-refractivity contribution in [2.24, 2.45) is 5.41 Å². The second-order valence-electron chi connectivity index (χ2n) is 6.28. The van der Waals surface area contributed by atoms with Crippen molar-refractivity contribution in [2.75, 3.05) is 18.0 Å². The topological polar surface area (TPSA) is 66.5 Å². The van der Waals surface area contributed by atoms with E-state index in [0.717, 1.165) is 0 Å². The third-order valence-electron chi connectivity index (χ3n) is 3.27. The number of amides is 2. The number of benzene rings is 1. The van der Waals surface area contributed by atoms with Crippen LogP contribution in [0.15, 0.2) is 24.3 Å². The van der Waals surface area contributed by atoms with Crippen molar-refractivity contribution < 1.29 is 14.4 Å². The lowest BCUT2D eigenvalue weighted by molar-refractivity contribution is -0.128. The van der Waals surface area contributed by atoms with Gasteiger partial charge in [-0.3, -0.25) is 14.4 Å². The van der Waals surface area contributed by atoms with Crippen LogP contribution in [-0.4, -0.2) is 30.7 Å². The number of hydrogen-bond acceptors (Lipinski definition) is 3. The van der Waals surface area contributed by atoms with Gasteiger partial charge in [-0.2, -0.15) is 0 Å². The predicted octanol–water partition coefficient (Wildman–Crippen LogP) is 2.40. The second kappa shape index (κ2) is 7.20. The minimum absolute atomic E-state index is 0.0154. The molecule has 0 saturated heterocycles. The molecule has 120 valence electrons. The Morgan fingerprint density at radius 1 is 1.05 bits per heavy atom. The van der Waals surface area contributed by atoms with Crippen molar-refractivity contribution in [2.45, 2.75) is 34.6 Å². The van der Waals surface area contributed by atoms with Gasteiger partial charge < -0.3 is 10.2 Å². The zero-order chi connectivity index (χ0) is 16.9. The molecule has 1 N–H and O–H groups in total. The average Bonchev–Trinajstić information content (AvgIpc) is 2.42. The van der Waals surface area contributed by atoms with Crippen LogP contribution in [-0.2, 0) is 9.59 Å². The lowest BCUT2D eigenvalue weighted by Gasteiger charge is -2.23. The van der Waals surface area contributed by atoms with Gasteiger partial charge in [0.1, 0.15) is 0 Å². The standard InChI is InChI=1S/C17H24N2O3/c1-12(20)14-6-8-15(9-7-14)19(13(2)21)11-10-18-16(22)17(3,4)5/h6-9H,10-11H2,1-5H3,(H,18,22). The van der Waals surface area contributed by atoms with E-state index in [9.17, 15) is 14.4 Å². The third-order valence-corrected chi connectivity index (χ3v) is 3.27. The molecule has 5 nitrogen and oxygen atoms in total. The highest BCUT2D eigenvalue weighted by molar-refractivity contribution is 5.96. The minimum atomic E-state index is -0.454. The first-order valence-corrected chi connectivity index (χ1v) is 7.30. The molecule has 0 radical (unpaired) electrons. The fourth-order valence-electron chi connectivity index (χ4n) is 1.89. The predicted molar refractivity (Wildman–Crippen MR) is 86.9 cm³/mol. The number of anilines is 1. The molecule has 1 aromatic rings. The average molecular weight is 304 g/mol. The molecule has 0 saturated carbocycles. The molecule has 0 fully saturated rings. The number of rotatable bonds is 5. The van der Waals surface area contributed by atoms with Gasteiger partial charge in [0.15, 0.2) is 5.78 Å². The first-order valence-electron chi connectivity index (χ1n) is 7.30. The number of nitrogens with one attached hydrogen (secondary N) is 1. The number of Topliss-reactive ketones (excluding diaryl/α,β-unsaturated/α-hetero) is 1. The van der Waals surface area contributed by atoms with Crippen molar-refractivity contribution in [3.63, 3.8) is 0 Å². The molecule has 0 unspecified atom stereocenters. The van der Waals surface area contributed by atoms with Crippen molar-refractivity contribution >= 4 is 23.3 Å². The maximum atomic E-state index is 11.8. The van der Waals surface area contributed by atoms with E-state index in [4.69, 9.17) is 0 Å². The monoisotopic (exact) mass is 304 g/mol. The molecule has 2 amide bonds. The first-order chi connectivity index (χ1) is 10.1. The second-order valence-corrected chi connectivity index (χ2v) is 6.28. The van der Waals surface area contributed by atoms with E-state index in [2.05, 4.69) is 5.32 Å². The van der Waals surface area contributed by atoms with Crippen molar-refractivity contribution in [3.05, 3.63) is 29.8 Å². The number of ketones is 1. The molecule has 1 aromatic carbocycles. The summed E-state index contributed by atoms with van der Waals surface area (Å²) in [5, 5.41) is 2.82. The Labute approximate surface area is 131 Å². The highest BCUT2D eigenvalue weighted by atomic mass is 16.2. The lowest BCUT2D eigenvalue weighted by atomic mass is 9.96. The highest BCUT2D eigenvalue weighted by Gasteiger charge is 2.21. The Morgan fingerprint density at radius 2 is 1.59 bits per heavy atom. The third kappa shape index (κ3) is 4.98. The molecule has 0 heterocycles. The first kappa shape index (κ1) is 17.9. The molecular weight excluding hydrogens is 280 g/mol. The van der Waals surface area contributed by atoms with Crippen LogP contribution in [0.3, 0.4) is 0 Å². The van der Waals surface area contributed by atoms with E-state index >= 15 is 0 Å². The lowest BCUT2D eigenvalue weighted by Crippen LogP contribution is -2.41. The quantitative estimate of drug-likeness (QED) is 0.849. The van der Waals surface area contributed by atoms with E-state index < -0.39 is 5.41 Å². The van der Waals surface area contributed by atoms with Crippen LogP contribution in [0.25, 0.3) is 0 Å². The molecule has 5 heteroatoms. The van der Waals surface area contributed by atoms with Crippen LogP contribution in [0.2, 0.25) is 0 Å². The van der Waals surface area contributed by atoms with Crippen molar-refractivity contribution in [3.8, 4) is 0 Å². The summed E-state index contributed by atoms with van der Waals surface area (Å²) >= 11 is 0. The number of nitrogens with zero attached hydrogens (tertiary/aromatic N) is 1. The Kier molecular flexibility index (Phi) is 5.85. The molecule has 0 aliphatic carbocycles. The fourth-order valence-corrected chi connectivity index (χ4v) is 1.89. The van der Waals surface area contributed by atoms with Gasteiger partial charge >= 0.3 is 0 Å². The summed E-state index contributed by atoms with van der Waals surface area (Å²) in [6.45, 7) is 9.26. The fraction of sp³-hybridized carbons (Fsp3) is 0.471. The molecule has 0 atom stereocenters. The van der Waals surface area contributed by atoms with Gasteiger partial charge in [0.2, 0.25) is 11.8 Å². The van der Waals surface area contributed by atoms with Gasteiger partial charge in [-0.1, -0.05) is 20.8 Å². The van der Waals surface area contributed by atoms with Crippen LogP contribution in [0.4, 0.5) is 5.69 Å². The Bertz CT molecular complexity index is 556. The summed E-state index contributed by atoms with van der Waals surface area (Å²) in [6, 6.07) is 6.87. The summed E-state index contributed by atoms with van der Waals surface area (Å²) in [7, 11) is 0. The van der Waals surface area contributed by atoms with E-state index in [1.807, 2.05) is 20.8 Å². The van der Waals surface area contributed by atoms with E-state index in [1.165, 1.54) is 13.8 Å². The van der Waals surface area contributed by atoms with Crippen molar-refractivity contribution in [1.82, 2.24) is 5.32 Å². The zero-order valence-corrected chi connectivity index (χ0v) is 13.9. The van der Waals surface area contributed by atoms with Gasteiger partial charge in [-0.15, -0.1) is 0 Å². The smallest absolute Gasteiger partial charge is 0.225 e. The highest BCUT2D eigenvalue weighted by Crippen LogP contribution is 2.16. The molecule has 0 spiro atoms. The van der Waals surface area contributed by atoms with Crippen LogP contribution in [0.5, 0.6) is 0 Å². The van der Waals surface area contributed by atoms with Gasteiger partial charge in [0, 0.05) is 36.7 Å². The van der Waals surface area contributed by atoms with Crippen molar-refractivity contribution in [1.29, 1.82) is 0 Å². The van der Waals surface area contributed by atoms with E-state index in [0.29, 0.717) is 24.3 Å².